The third kappa shape index (κ3) is 3.96. The molecule has 1 aromatic rings. The molecule has 0 unspecified atom stereocenters. The normalized spacial score (nSPS) is 22.4. The van der Waals surface area contributed by atoms with Crippen molar-refractivity contribution in [2.75, 3.05) is 26.2 Å². The molecule has 0 bridgehead atoms. The van der Waals surface area contributed by atoms with Crippen molar-refractivity contribution < 1.29 is 17.9 Å². The Balaban J connectivity index is 1.62. The van der Waals surface area contributed by atoms with Gasteiger partial charge in [-0.3, -0.25) is 4.79 Å². The lowest BCUT2D eigenvalue weighted by Crippen LogP contribution is -2.35. The van der Waals surface area contributed by atoms with Crippen LogP contribution in [0.4, 0.5) is 0 Å². The van der Waals surface area contributed by atoms with Crippen LogP contribution >= 0.6 is 0 Å². The lowest BCUT2D eigenvalue weighted by atomic mass is 10.2. The van der Waals surface area contributed by atoms with Crippen LogP contribution in [0.2, 0.25) is 0 Å². The molecular formula is C17H24N2O4S. The zero-order chi connectivity index (χ0) is 17.0. The number of amides is 1. The zero-order valence-electron chi connectivity index (χ0n) is 13.7. The minimum atomic E-state index is -3.45. The molecule has 132 valence electrons. The van der Waals surface area contributed by atoms with Crippen molar-refractivity contribution >= 4 is 15.9 Å². The summed E-state index contributed by atoms with van der Waals surface area (Å²) in [4.78, 5) is 12.4. The Kier molecular flexibility index (Phi) is 5.53. The molecule has 0 saturated carbocycles. The van der Waals surface area contributed by atoms with Gasteiger partial charge in [0.2, 0.25) is 10.0 Å². The maximum absolute atomic E-state index is 12.6. The van der Waals surface area contributed by atoms with Crippen molar-refractivity contribution in [1.82, 2.24) is 9.62 Å². The van der Waals surface area contributed by atoms with Crippen LogP contribution in [0.15, 0.2) is 29.2 Å². The predicted molar refractivity (Wildman–Crippen MR) is 90.4 cm³/mol. The second kappa shape index (κ2) is 7.63. The maximum Gasteiger partial charge on any atom is 0.251 e. The molecule has 7 heteroatoms. The van der Waals surface area contributed by atoms with Crippen LogP contribution in [0.5, 0.6) is 0 Å². The van der Waals surface area contributed by atoms with Crippen molar-refractivity contribution in [3.8, 4) is 0 Å². The molecule has 2 aliphatic heterocycles. The summed E-state index contributed by atoms with van der Waals surface area (Å²) in [6.07, 6.45) is 4.98. The highest BCUT2D eigenvalue weighted by molar-refractivity contribution is 7.89. The Hall–Kier alpha value is -1.44. The molecule has 2 fully saturated rings. The molecule has 0 radical (unpaired) electrons. The van der Waals surface area contributed by atoms with Crippen LogP contribution in [-0.2, 0) is 14.8 Å². The molecule has 2 heterocycles. The Bertz CT molecular complexity index is 660. The molecule has 1 N–H and O–H groups in total. The molecule has 1 atom stereocenters. The monoisotopic (exact) mass is 352 g/mol. The van der Waals surface area contributed by atoms with Gasteiger partial charge in [-0.25, -0.2) is 8.42 Å². The van der Waals surface area contributed by atoms with Gasteiger partial charge in [-0.2, -0.15) is 4.31 Å². The van der Waals surface area contributed by atoms with E-state index < -0.39 is 10.0 Å². The first kappa shape index (κ1) is 17.4. The fourth-order valence-electron chi connectivity index (χ4n) is 3.15. The van der Waals surface area contributed by atoms with Crippen LogP contribution in [0.25, 0.3) is 0 Å². The number of ether oxygens (including phenoxy) is 1. The second-order valence-electron chi connectivity index (χ2n) is 6.33. The summed E-state index contributed by atoms with van der Waals surface area (Å²) in [7, 11) is -3.45. The fraction of sp³-hybridized carbons (Fsp3) is 0.588. The van der Waals surface area contributed by atoms with E-state index in [9.17, 15) is 13.2 Å². The zero-order valence-corrected chi connectivity index (χ0v) is 14.6. The van der Waals surface area contributed by atoms with Crippen LogP contribution in [0, 0.1) is 0 Å². The van der Waals surface area contributed by atoms with E-state index in [1.54, 1.807) is 12.1 Å². The van der Waals surface area contributed by atoms with Crippen molar-refractivity contribution in [3.63, 3.8) is 0 Å². The summed E-state index contributed by atoms with van der Waals surface area (Å²) in [6.45, 7) is 2.40. The van der Waals surface area contributed by atoms with E-state index in [0.29, 0.717) is 25.2 Å². The molecule has 0 aromatic heterocycles. The predicted octanol–water partition coefficient (Wildman–Crippen LogP) is 1.77. The number of nitrogens with one attached hydrogen (secondary N) is 1. The molecule has 0 spiro atoms. The van der Waals surface area contributed by atoms with Crippen molar-refractivity contribution in [3.05, 3.63) is 29.8 Å². The number of carbonyl (C=O) groups is 1. The fourth-order valence-corrected chi connectivity index (χ4v) is 4.66. The van der Waals surface area contributed by atoms with Gasteiger partial charge in [0, 0.05) is 31.8 Å². The van der Waals surface area contributed by atoms with E-state index >= 15 is 0 Å². The molecular weight excluding hydrogens is 328 g/mol. The Morgan fingerprint density at radius 2 is 1.83 bits per heavy atom. The highest BCUT2D eigenvalue weighted by Crippen LogP contribution is 2.21. The largest absolute Gasteiger partial charge is 0.376 e. The molecule has 2 saturated heterocycles. The van der Waals surface area contributed by atoms with Gasteiger partial charge in [-0.05, 0) is 49.9 Å². The van der Waals surface area contributed by atoms with Crippen LogP contribution in [0.3, 0.4) is 0 Å². The molecule has 0 aliphatic carbocycles. The van der Waals surface area contributed by atoms with Crippen molar-refractivity contribution in [1.29, 1.82) is 0 Å². The Morgan fingerprint density at radius 1 is 1.12 bits per heavy atom. The minimum absolute atomic E-state index is 0.0905. The first-order chi connectivity index (χ1) is 11.6. The van der Waals surface area contributed by atoms with Crippen molar-refractivity contribution in [2.45, 2.75) is 43.1 Å². The molecule has 6 nitrogen and oxygen atoms in total. The first-order valence-electron chi connectivity index (χ1n) is 8.57. The van der Waals surface area contributed by atoms with Gasteiger partial charge in [-0.15, -0.1) is 0 Å². The van der Waals surface area contributed by atoms with E-state index in [1.165, 1.54) is 16.4 Å². The smallest absolute Gasteiger partial charge is 0.251 e. The molecule has 24 heavy (non-hydrogen) atoms. The number of carbonyl (C=O) groups excluding carboxylic acids is 1. The summed E-state index contributed by atoms with van der Waals surface area (Å²) < 4.78 is 32.2. The topological polar surface area (TPSA) is 75.7 Å². The highest BCUT2D eigenvalue weighted by atomic mass is 32.2. The molecule has 3 rings (SSSR count). The van der Waals surface area contributed by atoms with Crippen LogP contribution < -0.4 is 5.32 Å². The SMILES string of the molecule is O=C(NC[C@@H]1CCCO1)c1ccc(S(=O)(=O)N2CCCCC2)cc1. The number of rotatable bonds is 5. The minimum Gasteiger partial charge on any atom is -0.376 e. The summed E-state index contributed by atoms with van der Waals surface area (Å²) in [5.74, 6) is -0.201. The summed E-state index contributed by atoms with van der Waals surface area (Å²) >= 11 is 0. The number of nitrogens with zero attached hydrogens (tertiary/aromatic N) is 1. The van der Waals surface area contributed by atoms with Gasteiger partial charge in [0.1, 0.15) is 0 Å². The van der Waals surface area contributed by atoms with Crippen LogP contribution in [0.1, 0.15) is 42.5 Å². The number of benzene rings is 1. The summed E-state index contributed by atoms with van der Waals surface area (Å²) in [6, 6.07) is 6.18. The van der Waals surface area contributed by atoms with Gasteiger partial charge in [0.05, 0.1) is 11.0 Å². The third-order valence-electron chi connectivity index (χ3n) is 4.58. The summed E-state index contributed by atoms with van der Waals surface area (Å²) in [5.41, 5.74) is 0.464. The maximum atomic E-state index is 12.6. The quantitative estimate of drug-likeness (QED) is 0.876. The standard InChI is InChI=1S/C17H24N2O4S/c20-17(18-13-15-5-4-12-23-15)14-6-8-16(9-7-14)24(21,22)19-10-2-1-3-11-19/h6-9,15H,1-5,10-13H2,(H,18,20)/t15-/m0/s1. The number of hydrogen-bond acceptors (Lipinski definition) is 4. The van der Waals surface area contributed by atoms with E-state index in [4.69, 9.17) is 4.74 Å². The van der Waals surface area contributed by atoms with E-state index in [0.717, 1.165) is 38.7 Å². The van der Waals surface area contributed by atoms with Gasteiger partial charge in [-0.1, -0.05) is 6.42 Å². The molecule has 2 aliphatic rings. The van der Waals surface area contributed by atoms with E-state index in [1.807, 2.05) is 0 Å². The second-order valence-corrected chi connectivity index (χ2v) is 8.27. The molecule has 1 amide bonds. The average molecular weight is 352 g/mol. The lowest BCUT2D eigenvalue weighted by Gasteiger charge is -2.25. The lowest BCUT2D eigenvalue weighted by molar-refractivity contribution is 0.0857. The summed E-state index contributed by atoms with van der Waals surface area (Å²) in [5, 5.41) is 2.84. The number of sulfonamides is 1. The number of hydrogen-bond donors (Lipinski definition) is 1. The Morgan fingerprint density at radius 3 is 2.46 bits per heavy atom. The van der Waals surface area contributed by atoms with Gasteiger partial charge >= 0.3 is 0 Å². The van der Waals surface area contributed by atoms with E-state index in [-0.39, 0.29) is 16.9 Å². The molecule has 1 aromatic carbocycles. The third-order valence-corrected chi connectivity index (χ3v) is 6.50. The van der Waals surface area contributed by atoms with Crippen molar-refractivity contribution in [2.24, 2.45) is 0 Å². The number of piperidine rings is 1. The first-order valence-corrected chi connectivity index (χ1v) is 10.0. The highest BCUT2D eigenvalue weighted by Gasteiger charge is 2.26. The van der Waals surface area contributed by atoms with Gasteiger partial charge in [0.15, 0.2) is 0 Å². The Labute approximate surface area is 143 Å². The van der Waals surface area contributed by atoms with Crippen LogP contribution in [-0.4, -0.2) is 51.0 Å². The van der Waals surface area contributed by atoms with E-state index in [2.05, 4.69) is 5.32 Å². The van der Waals surface area contributed by atoms with Gasteiger partial charge < -0.3 is 10.1 Å². The van der Waals surface area contributed by atoms with Gasteiger partial charge in [0.25, 0.3) is 5.91 Å². The average Bonchev–Trinajstić information content (AvgIpc) is 3.14.